The molecule has 0 bridgehead atoms. The van der Waals surface area contributed by atoms with Crippen molar-refractivity contribution in [1.82, 2.24) is 16.1 Å². The van der Waals surface area contributed by atoms with Crippen molar-refractivity contribution in [3.63, 3.8) is 0 Å². The number of hydrogen-bond acceptors (Lipinski definition) is 6. The number of hydrogen-bond donors (Lipinski definition) is 4. The van der Waals surface area contributed by atoms with Gasteiger partial charge >= 0.3 is 23.6 Å². The average molecular weight is 482 g/mol. The summed E-state index contributed by atoms with van der Waals surface area (Å²) in [5, 5.41) is 11.5. The predicted molar refractivity (Wildman–Crippen MR) is 119 cm³/mol. The van der Waals surface area contributed by atoms with Crippen molar-refractivity contribution in [3.8, 4) is 0 Å². The van der Waals surface area contributed by atoms with Crippen molar-refractivity contribution >= 4 is 58.7 Å². The van der Waals surface area contributed by atoms with Gasteiger partial charge in [-0.05, 0) is 36.2 Å². The SMILES string of the molecule is CC(C)CNC(=O)C(=O)N/N=C/c1ccc(CNC(=O)C(=O)Nc2cc(Cl)cc(Cl)c2)o1. The molecule has 0 aliphatic heterocycles. The molecule has 0 saturated heterocycles. The molecule has 10 nitrogen and oxygen atoms in total. The first kappa shape index (κ1) is 24.9. The van der Waals surface area contributed by atoms with Crippen LogP contribution in [0.2, 0.25) is 10.0 Å². The Hall–Kier alpha value is -3.37. The lowest BCUT2D eigenvalue weighted by Gasteiger charge is -2.06. The van der Waals surface area contributed by atoms with Crippen molar-refractivity contribution in [1.29, 1.82) is 0 Å². The van der Waals surface area contributed by atoms with E-state index in [4.69, 9.17) is 27.6 Å². The Kier molecular flexibility index (Phi) is 9.23. The minimum atomic E-state index is -0.909. The minimum Gasteiger partial charge on any atom is -0.458 e. The number of furan rings is 1. The maximum absolute atomic E-state index is 12.0. The van der Waals surface area contributed by atoms with E-state index in [2.05, 4.69) is 26.5 Å². The molecule has 4 N–H and O–H groups in total. The molecule has 1 heterocycles. The number of rotatable bonds is 7. The monoisotopic (exact) mass is 481 g/mol. The number of halogens is 2. The van der Waals surface area contributed by atoms with Crippen LogP contribution in [-0.2, 0) is 25.7 Å². The fraction of sp³-hybridized carbons (Fsp3) is 0.250. The van der Waals surface area contributed by atoms with Crippen LogP contribution in [0.5, 0.6) is 0 Å². The highest BCUT2D eigenvalue weighted by atomic mass is 35.5. The summed E-state index contributed by atoms with van der Waals surface area (Å²) in [6.45, 7) is 4.10. The van der Waals surface area contributed by atoms with Crippen LogP contribution in [0.3, 0.4) is 0 Å². The van der Waals surface area contributed by atoms with Gasteiger partial charge in [-0.1, -0.05) is 37.0 Å². The van der Waals surface area contributed by atoms with E-state index in [9.17, 15) is 19.2 Å². The van der Waals surface area contributed by atoms with Gasteiger partial charge in [0.25, 0.3) is 0 Å². The van der Waals surface area contributed by atoms with E-state index in [0.29, 0.717) is 22.4 Å². The zero-order valence-corrected chi connectivity index (χ0v) is 18.7. The molecule has 4 amide bonds. The van der Waals surface area contributed by atoms with E-state index in [1.165, 1.54) is 30.5 Å². The second-order valence-electron chi connectivity index (χ2n) is 6.90. The van der Waals surface area contributed by atoms with Gasteiger partial charge in [0.1, 0.15) is 11.5 Å². The van der Waals surface area contributed by atoms with E-state index < -0.39 is 23.6 Å². The summed E-state index contributed by atoms with van der Waals surface area (Å²) in [6, 6.07) is 7.47. The maximum atomic E-state index is 12.0. The van der Waals surface area contributed by atoms with Gasteiger partial charge in [0.05, 0.1) is 12.8 Å². The molecule has 0 spiro atoms. The van der Waals surface area contributed by atoms with Crippen LogP contribution >= 0.6 is 23.2 Å². The third kappa shape index (κ3) is 8.40. The van der Waals surface area contributed by atoms with Crippen LogP contribution in [0.4, 0.5) is 5.69 Å². The van der Waals surface area contributed by atoms with Crippen molar-refractivity contribution in [2.24, 2.45) is 11.0 Å². The fourth-order valence-electron chi connectivity index (χ4n) is 2.20. The van der Waals surface area contributed by atoms with Gasteiger partial charge in [0.2, 0.25) is 0 Å². The smallest absolute Gasteiger partial charge is 0.329 e. The molecule has 170 valence electrons. The number of carbonyl (C=O) groups excluding carboxylic acids is 4. The van der Waals surface area contributed by atoms with Gasteiger partial charge in [0, 0.05) is 22.3 Å². The lowest BCUT2D eigenvalue weighted by atomic mass is 10.2. The van der Waals surface area contributed by atoms with Crippen LogP contribution < -0.4 is 21.4 Å². The van der Waals surface area contributed by atoms with Crippen molar-refractivity contribution in [2.75, 3.05) is 11.9 Å². The molecule has 0 atom stereocenters. The molecule has 0 fully saturated rings. The molecule has 0 aliphatic rings. The van der Waals surface area contributed by atoms with Crippen molar-refractivity contribution in [3.05, 3.63) is 51.9 Å². The number of carbonyl (C=O) groups is 4. The van der Waals surface area contributed by atoms with Gasteiger partial charge < -0.3 is 20.4 Å². The lowest BCUT2D eigenvalue weighted by molar-refractivity contribution is -0.139. The first-order valence-electron chi connectivity index (χ1n) is 9.39. The van der Waals surface area contributed by atoms with E-state index in [1.54, 1.807) is 6.07 Å². The minimum absolute atomic E-state index is 0.0691. The number of nitrogens with one attached hydrogen (secondary N) is 4. The van der Waals surface area contributed by atoms with Crippen LogP contribution in [-0.4, -0.2) is 36.4 Å². The number of nitrogens with zero attached hydrogens (tertiary/aromatic N) is 1. The van der Waals surface area contributed by atoms with Gasteiger partial charge in [-0.15, -0.1) is 0 Å². The van der Waals surface area contributed by atoms with E-state index in [0.717, 1.165) is 0 Å². The zero-order valence-electron chi connectivity index (χ0n) is 17.2. The summed E-state index contributed by atoms with van der Waals surface area (Å²) < 4.78 is 5.40. The van der Waals surface area contributed by atoms with E-state index in [1.807, 2.05) is 13.8 Å². The molecule has 0 aliphatic carbocycles. The molecule has 0 radical (unpaired) electrons. The van der Waals surface area contributed by atoms with Crippen molar-refractivity contribution < 1.29 is 23.6 Å². The van der Waals surface area contributed by atoms with Gasteiger partial charge in [-0.3, -0.25) is 19.2 Å². The molecule has 0 saturated carbocycles. The van der Waals surface area contributed by atoms with Crippen molar-refractivity contribution in [2.45, 2.75) is 20.4 Å². The Bertz CT molecular complexity index is 1010. The van der Waals surface area contributed by atoms with Crippen LogP contribution in [0.15, 0.2) is 39.9 Å². The normalized spacial score (nSPS) is 10.8. The number of amides is 4. The number of anilines is 1. The highest BCUT2D eigenvalue weighted by Gasteiger charge is 2.15. The Morgan fingerprint density at radius 1 is 0.969 bits per heavy atom. The van der Waals surface area contributed by atoms with Gasteiger partial charge in [0.15, 0.2) is 0 Å². The zero-order chi connectivity index (χ0) is 23.7. The summed E-state index contributed by atoms with van der Waals surface area (Å²) in [4.78, 5) is 47.1. The van der Waals surface area contributed by atoms with Crippen LogP contribution in [0.1, 0.15) is 25.4 Å². The second-order valence-corrected chi connectivity index (χ2v) is 7.77. The standard InChI is InChI=1S/C20H21Cl2N5O5/c1-11(2)8-23-18(29)20(31)27-25-10-16-4-3-15(32-16)9-24-17(28)19(30)26-14-6-12(21)5-13(22)7-14/h3-7,10-11H,8-9H2,1-2H3,(H,23,29)(H,24,28)(H,26,30)(H,27,31)/b25-10+. The topological polar surface area (TPSA) is 142 Å². The molecular weight excluding hydrogens is 461 g/mol. The Morgan fingerprint density at radius 2 is 1.62 bits per heavy atom. The molecule has 1 aromatic carbocycles. The Labute approximate surface area is 193 Å². The summed E-state index contributed by atoms with van der Waals surface area (Å²) >= 11 is 11.7. The van der Waals surface area contributed by atoms with Gasteiger partial charge in [-0.2, -0.15) is 5.10 Å². The number of benzene rings is 1. The average Bonchev–Trinajstić information content (AvgIpc) is 3.16. The third-order valence-electron chi connectivity index (χ3n) is 3.67. The first-order valence-corrected chi connectivity index (χ1v) is 10.1. The molecule has 1 aromatic heterocycles. The largest absolute Gasteiger partial charge is 0.458 e. The predicted octanol–water partition coefficient (Wildman–Crippen LogP) is 2.06. The van der Waals surface area contributed by atoms with Crippen LogP contribution in [0, 0.1) is 5.92 Å². The van der Waals surface area contributed by atoms with Crippen LogP contribution in [0.25, 0.3) is 0 Å². The first-order chi connectivity index (χ1) is 15.1. The van der Waals surface area contributed by atoms with E-state index in [-0.39, 0.29) is 23.9 Å². The summed E-state index contributed by atoms with van der Waals surface area (Å²) in [6.07, 6.45) is 1.19. The quantitative estimate of drug-likeness (QED) is 0.272. The Balaban J connectivity index is 1.79. The maximum Gasteiger partial charge on any atom is 0.329 e. The molecule has 2 rings (SSSR count). The number of hydrazone groups is 1. The summed E-state index contributed by atoms with van der Waals surface area (Å²) in [7, 11) is 0. The van der Waals surface area contributed by atoms with Gasteiger partial charge in [-0.25, -0.2) is 5.43 Å². The molecule has 32 heavy (non-hydrogen) atoms. The van der Waals surface area contributed by atoms with E-state index >= 15 is 0 Å². The highest BCUT2D eigenvalue weighted by Crippen LogP contribution is 2.22. The summed E-state index contributed by atoms with van der Waals surface area (Å²) in [5.74, 6) is -2.71. The highest BCUT2D eigenvalue weighted by molar-refractivity contribution is 6.40. The third-order valence-corrected chi connectivity index (χ3v) is 4.10. The Morgan fingerprint density at radius 3 is 2.28 bits per heavy atom. The summed E-state index contributed by atoms with van der Waals surface area (Å²) in [5.41, 5.74) is 2.35. The fourth-order valence-corrected chi connectivity index (χ4v) is 2.73. The molecule has 12 heteroatoms. The molecule has 0 unspecified atom stereocenters. The molecule has 2 aromatic rings. The lowest BCUT2D eigenvalue weighted by Crippen LogP contribution is -2.39. The molecular formula is C20H21Cl2N5O5. The second kappa shape index (κ2) is 11.9.